The maximum atomic E-state index is 12.2. The van der Waals surface area contributed by atoms with Crippen LogP contribution in [0.4, 0.5) is 0 Å². The Labute approximate surface area is 124 Å². The molecule has 2 aromatic rings. The molecule has 1 aliphatic carbocycles. The minimum absolute atomic E-state index is 0.0113. The molecule has 19 heavy (non-hydrogen) atoms. The van der Waals surface area contributed by atoms with E-state index in [4.69, 9.17) is 0 Å². The van der Waals surface area contributed by atoms with Gasteiger partial charge in [-0.25, -0.2) is 0 Å². The molecule has 100 valence electrons. The van der Waals surface area contributed by atoms with E-state index >= 15 is 0 Å². The van der Waals surface area contributed by atoms with Crippen LogP contribution in [0.1, 0.15) is 40.7 Å². The van der Waals surface area contributed by atoms with Crippen LogP contribution in [0.25, 0.3) is 0 Å². The first-order valence-corrected chi connectivity index (χ1v) is 8.10. The van der Waals surface area contributed by atoms with Crippen molar-refractivity contribution in [2.45, 2.75) is 31.8 Å². The van der Waals surface area contributed by atoms with Crippen molar-refractivity contribution in [2.75, 3.05) is 0 Å². The van der Waals surface area contributed by atoms with E-state index in [0.29, 0.717) is 12.6 Å². The number of hydrogen-bond acceptors (Lipinski definition) is 2. The molecule has 0 atom stereocenters. The number of rotatable bonds is 4. The van der Waals surface area contributed by atoms with Gasteiger partial charge in [-0.3, -0.25) is 4.79 Å². The summed E-state index contributed by atoms with van der Waals surface area (Å²) in [5.74, 6) is 0.0113. The Hall–Kier alpha value is -1.07. The van der Waals surface area contributed by atoms with Crippen molar-refractivity contribution in [3.63, 3.8) is 0 Å². The average molecular weight is 339 g/mol. The zero-order valence-electron chi connectivity index (χ0n) is 10.4. The Morgan fingerprint density at radius 2 is 2.32 bits per heavy atom. The lowest BCUT2D eigenvalue weighted by Crippen LogP contribution is -2.28. The fraction of sp³-hybridized carbons (Fsp3) is 0.357. The van der Waals surface area contributed by atoms with Crippen LogP contribution in [0.15, 0.2) is 34.2 Å². The SMILES string of the molecule is O=C(NCc1sccc1Br)c1cccn1C1CCC1. The van der Waals surface area contributed by atoms with Gasteiger partial charge in [0.05, 0.1) is 6.54 Å². The highest BCUT2D eigenvalue weighted by Gasteiger charge is 2.23. The highest BCUT2D eigenvalue weighted by molar-refractivity contribution is 9.10. The Morgan fingerprint density at radius 1 is 1.47 bits per heavy atom. The summed E-state index contributed by atoms with van der Waals surface area (Å²) in [6, 6.07) is 6.37. The molecule has 0 bridgehead atoms. The van der Waals surface area contributed by atoms with Gasteiger partial charge in [-0.2, -0.15) is 0 Å². The smallest absolute Gasteiger partial charge is 0.268 e. The number of thiophene rings is 1. The molecule has 2 aromatic heterocycles. The first-order chi connectivity index (χ1) is 9.25. The Balaban J connectivity index is 1.67. The lowest BCUT2D eigenvalue weighted by atomic mass is 9.93. The first kappa shape index (κ1) is 12.9. The zero-order chi connectivity index (χ0) is 13.2. The number of aromatic nitrogens is 1. The maximum Gasteiger partial charge on any atom is 0.268 e. The first-order valence-electron chi connectivity index (χ1n) is 6.42. The second-order valence-electron chi connectivity index (χ2n) is 4.76. The number of nitrogens with zero attached hydrogens (tertiary/aromatic N) is 1. The van der Waals surface area contributed by atoms with Crippen molar-refractivity contribution in [1.29, 1.82) is 0 Å². The van der Waals surface area contributed by atoms with Crippen LogP contribution in [-0.4, -0.2) is 10.5 Å². The minimum Gasteiger partial charge on any atom is -0.346 e. The number of halogens is 1. The minimum atomic E-state index is 0.0113. The third kappa shape index (κ3) is 2.62. The van der Waals surface area contributed by atoms with Crippen LogP contribution in [0, 0.1) is 0 Å². The molecule has 0 unspecified atom stereocenters. The molecular weight excluding hydrogens is 324 g/mol. The molecule has 2 heterocycles. The van der Waals surface area contributed by atoms with Crippen molar-refractivity contribution in [3.8, 4) is 0 Å². The fourth-order valence-corrected chi connectivity index (χ4v) is 3.70. The summed E-state index contributed by atoms with van der Waals surface area (Å²) < 4.78 is 3.18. The Kier molecular flexibility index (Phi) is 3.75. The molecule has 1 N–H and O–H groups in total. The molecule has 1 fully saturated rings. The fourth-order valence-electron chi connectivity index (χ4n) is 2.27. The number of nitrogens with one attached hydrogen (secondary N) is 1. The molecule has 1 saturated carbocycles. The largest absolute Gasteiger partial charge is 0.346 e. The van der Waals surface area contributed by atoms with Gasteiger partial charge in [0.15, 0.2) is 0 Å². The second kappa shape index (κ2) is 5.51. The van der Waals surface area contributed by atoms with Gasteiger partial charge in [0.1, 0.15) is 5.69 Å². The van der Waals surface area contributed by atoms with Gasteiger partial charge in [0.2, 0.25) is 0 Å². The highest BCUT2D eigenvalue weighted by atomic mass is 79.9. The van der Waals surface area contributed by atoms with Crippen LogP contribution in [-0.2, 0) is 6.54 Å². The van der Waals surface area contributed by atoms with E-state index in [0.717, 1.165) is 15.0 Å². The van der Waals surface area contributed by atoms with E-state index in [1.54, 1.807) is 11.3 Å². The Bertz CT molecular complexity index is 586. The third-order valence-electron chi connectivity index (χ3n) is 3.58. The summed E-state index contributed by atoms with van der Waals surface area (Å²) in [6.45, 7) is 0.576. The van der Waals surface area contributed by atoms with Gasteiger partial charge in [0, 0.05) is 21.6 Å². The van der Waals surface area contributed by atoms with Gasteiger partial charge in [-0.1, -0.05) is 0 Å². The molecule has 1 amide bonds. The standard InChI is InChI=1S/C14H15BrN2OS/c15-11-6-8-19-13(11)9-16-14(18)12-5-2-7-17(12)10-3-1-4-10/h2,5-8,10H,1,3-4,9H2,(H,16,18). The molecular formula is C14H15BrN2OS. The number of amides is 1. The van der Waals surface area contributed by atoms with Gasteiger partial charge in [-0.05, 0) is 58.8 Å². The van der Waals surface area contributed by atoms with Crippen LogP contribution < -0.4 is 5.32 Å². The number of hydrogen-bond donors (Lipinski definition) is 1. The van der Waals surface area contributed by atoms with Crippen molar-refractivity contribution >= 4 is 33.2 Å². The normalized spacial score (nSPS) is 15.2. The molecule has 0 aromatic carbocycles. The quantitative estimate of drug-likeness (QED) is 0.899. The lowest BCUT2D eigenvalue weighted by Gasteiger charge is -2.28. The highest BCUT2D eigenvalue weighted by Crippen LogP contribution is 2.32. The molecule has 3 rings (SSSR count). The summed E-state index contributed by atoms with van der Waals surface area (Å²) in [4.78, 5) is 13.4. The Morgan fingerprint density at radius 3 is 2.95 bits per heavy atom. The van der Waals surface area contributed by atoms with E-state index in [-0.39, 0.29) is 5.91 Å². The summed E-state index contributed by atoms with van der Waals surface area (Å²) in [5, 5.41) is 5.01. The number of carbonyl (C=O) groups excluding carboxylic acids is 1. The van der Waals surface area contributed by atoms with E-state index in [1.807, 2.05) is 29.8 Å². The van der Waals surface area contributed by atoms with Gasteiger partial charge in [-0.15, -0.1) is 11.3 Å². The summed E-state index contributed by atoms with van der Waals surface area (Å²) >= 11 is 5.12. The molecule has 0 saturated heterocycles. The monoisotopic (exact) mass is 338 g/mol. The topological polar surface area (TPSA) is 34.0 Å². The molecule has 0 aliphatic heterocycles. The summed E-state index contributed by atoms with van der Waals surface area (Å²) in [5.41, 5.74) is 0.775. The van der Waals surface area contributed by atoms with Crippen LogP contribution in [0.2, 0.25) is 0 Å². The van der Waals surface area contributed by atoms with E-state index < -0.39 is 0 Å². The molecule has 1 aliphatic rings. The van der Waals surface area contributed by atoms with E-state index in [2.05, 4.69) is 25.8 Å². The van der Waals surface area contributed by atoms with Crippen molar-refractivity contribution in [3.05, 3.63) is 44.8 Å². The van der Waals surface area contributed by atoms with E-state index in [1.165, 1.54) is 19.3 Å². The third-order valence-corrected chi connectivity index (χ3v) is 5.51. The predicted octanol–water partition coefficient (Wildman–Crippen LogP) is 3.97. The maximum absolute atomic E-state index is 12.2. The van der Waals surface area contributed by atoms with E-state index in [9.17, 15) is 4.79 Å². The molecule has 0 spiro atoms. The molecule has 5 heteroatoms. The lowest BCUT2D eigenvalue weighted by molar-refractivity contribution is 0.0936. The van der Waals surface area contributed by atoms with Crippen molar-refractivity contribution in [1.82, 2.24) is 9.88 Å². The molecule has 0 radical (unpaired) electrons. The van der Waals surface area contributed by atoms with Gasteiger partial charge >= 0.3 is 0 Å². The van der Waals surface area contributed by atoms with Gasteiger partial charge < -0.3 is 9.88 Å². The number of carbonyl (C=O) groups is 1. The predicted molar refractivity (Wildman–Crippen MR) is 80.5 cm³/mol. The summed E-state index contributed by atoms with van der Waals surface area (Å²) in [7, 11) is 0. The second-order valence-corrected chi connectivity index (χ2v) is 6.61. The van der Waals surface area contributed by atoms with Crippen molar-refractivity contribution in [2.24, 2.45) is 0 Å². The van der Waals surface area contributed by atoms with Gasteiger partial charge in [0.25, 0.3) is 5.91 Å². The van der Waals surface area contributed by atoms with Crippen LogP contribution in [0.3, 0.4) is 0 Å². The van der Waals surface area contributed by atoms with Crippen LogP contribution >= 0.6 is 27.3 Å². The van der Waals surface area contributed by atoms with Crippen molar-refractivity contribution < 1.29 is 4.79 Å². The summed E-state index contributed by atoms with van der Waals surface area (Å²) in [6.07, 6.45) is 5.66. The molecule has 3 nitrogen and oxygen atoms in total. The van der Waals surface area contributed by atoms with Crippen LogP contribution in [0.5, 0.6) is 0 Å². The average Bonchev–Trinajstić information content (AvgIpc) is 2.93. The zero-order valence-corrected chi connectivity index (χ0v) is 12.8.